The molecule has 1 saturated heterocycles. The van der Waals surface area contributed by atoms with Crippen molar-refractivity contribution in [3.63, 3.8) is 0 Å². The summed E-state index contributed by atoms with van der Waals surface area (Å²) in [5.41, 5.74) is 0.419. The number of benzene rings is 1. The minimum Gasteiger partial charge on any atom is -0.364 e. The van der Waals surface area contributed by atoms with Crippen molar-refractivity contribution < 1.29 is 26.0 Å². The Hall–Kier alpha value is -3.65. The van der Waals surface area contributed by atoms with Crippen LogP contribution in [0.25, 0.3) is 22.3 Å². The predicted molar refractivity (Wildman–Crippen MR) is 126 cm³/mol. The first kappa shape index (κ1) is 25.0. The van der Waals surface area contributed by atoms with Crippen LogP contribution in [0.15, 0.2) is 53.7 Å². The Kier molecular flexibility index (Phi) is 6.31. The highest BCUT2D eigenvalue weighted by molar-refractivity contribution is 7.89. The second kappa shape index (κ2) is 9.34. The third kappa shape index (κ3) is 4.73. The largest absolute Gasteiger partial charge is 0.417 e. The molecule has 1 aliphatic heterocycles. The van der Waals surface area contributed by atoms with Gasteiger partial charge < -0.3 is 5.32 Å². The number of anilines is 1. The Labute approximate surface area is 209 Å². The molecule has 1 aliphatic rings. The number of hydrogen-bond donors (Lipinski definition) is 1. The lowest BCUT2D eigenvalue weighted by Crippen LogP contribution is -2.43. The average Bonchev–Trinajstić information content (AvgIpc) is 3.29. The number of fused-ring (bicyclic) bond motifs is 1. The number of aryl methyl sites for hydroxylation is 1. The molecule has 14 heteroatoms. The van der Waals surface area contributed by atoms with E-state index in [1.807, 2.05) is 12.1 Å². The molecule has 4 aromatic rings. The van der Waals surface area contributed by atoms with Crippen molar-refractivity contribution in [3.05, 3.63) is 60.2 Å². The number of nitrogens with zero attached hydrogens (tertiary/aromatic N) is 6. The van der Waals surface area contributed by atoms with Crippen LogP contribution in [0, 0.1) is 5.82 Å². The zero-order valence-electron chi connectivity index (χ0n) is 19.4. The Bertz CT molecular complexity index is 1570. The second-order valence-electron chi connectivity index (χ2n) is 8.60. The number of halogens is 4. The maximum atomic E-state index is 13.5. The van der Waals surface area contributed by atoms with Gasteiger partial charge in [-0.05, 0) is 49.2 Å². The molecule has 5 rings (SSSR count). The van der Waals surface area contributed by atoms with Gasteiger partial charge in [0.05, 0.1) is 16.2 Å². The zero-order chi connectivity index (χ0) is 26.4. The van der Waals surface area contributed by atoms with Gasteiger partial charge in [-0.2, -0.15) is 22.6 Å². The van der Waals surface area contributed by atoms with E-state index >= 15 is 0 Å². The minimum absolute atomic E-state index is 0.0272. The maximum Gasteiger partial charge on any atom is 0.417 e. The van der Waals surface area contributed by atoms with E-state index < -0.39 is 32.5 Å². The highest BCUT2D eigenvalue weighted by atomic mass is 32.2. The van der Waals surface area contributed by atoms with E-state index in [1.54, 1.807) is 30.2 Å². The molecule has 37 heavy (non-hydrogen) atoms. The van der Waals surface area contributed by atoms with Crippen molar-refractivity contribution in [3.8, 4) is 11.4 Å². The van der Waals surface area contributed by atoms with Gasteiger partial charge in [0.2, 0.25) is 10.0 Å². The number of nitrogens with one attached hydrogen (secondary N) is 1. The lowest BCUT2D eigenvalue weighted by molar-refractivity contribution is -0.140. The normalized spacial score (nSPS) is 15.8. The van der Waals surface area contributed by atoms with Crippen LogP contribution in [0.4, 0.5) is 23.4 Å². The fraction of sp³-hybridized carbons (Fsp3) is 0.304. The summed E-state index contributed by atoms with van der Waals surface area (Å²) in [6, 6.07) is 6.81. The Morgan fingerprint density at radius 2 is 1.81 bits per heavy atom. The van der Waals surface area contributed by atoms with E-state index in [0.717, 1.165) is 15.4 Å². The van der Waals surface area contributed by atoms with Gasteiger partial charge in [0.25, 0.3) is 0 Å². The van der Waals surface area contributed by atoms with Gasteiger partial charge in [-0.3, -0.25) is 9.67 Å². The molecule has 0 saturated carbocycles. The monoisotopic (exact) mass is 535 g/mol. The molecular formula is C23H21F4N7O2S. The smallest absolute Gasteiger partial charge is 0.364 e. The minimum atomic E-state index is -5.02. The van der Waals surface area contributed by atoms with Crippen LogP contribution in [0.2, 0.25) is 0 Å². The van der Waals surface area contributed by atoms with Crippen molar-refractivity contribution in [2.75, 3.05) is 18.4 Å². The molecule has 1 aromatic carbocycles. The van der Waals surface area contributed by atoms with Crippen LogP contribution in [-0.2, 0) is 23.2 Å². The van der Waals surface area contributed by atoms with Crippen molar-refractivity contribution in [2.24, 2.45) is 7.05 Å². The average molecular weight is 536 g/mol. The van der Waals surface area contributed by atoms with Gasteiger partial charge in [-0.15, -0.1) is 10.2 Å². The molecule has 0 unspecified atom stereocenters. The summed E-state index contributed by atoms with van der Waals surface area (Å²) in [6.07, 6.45) is -1.13. The lowest BCUT2D eigenvalue weighted by Gasteiger charge is -2.32. The third-order valence-electron chi connectivity index (χ3n) is 6.26. The van der Waals surface area contributed by atoms with Crippen LogP contribution in [0.5, 0.6) is 0 Å². The van der Waals surface area contributed by atoms with Crippen molar-refractivity contribution in [2.45, 2.75) is 30.0 Å². The summed E-state index contributed by atoms with van der Waals surface area (Å²) >= 11 is 0. The van der Waals surface area contributed by atoms with Crippen molar-refractivity contribution >= 4 is 26.7 Å². The van der Waals surface area contributed by atoms with E-state index in [2.05, 4.69) is 25.6 Å². The predicted octanol–water partition coefficient (Wildman–Crippen LogP) is 3.85. The van der Waals surface area contributed by atoms with E-state index in [0.29, 0.717) is 42.0 Å². The number of piperidine rings is 1. The first-order valence-corrected chi connectivity index (χ1v) is 12.7. The molecule has 3 aromatic heterocycles. The van der Waals surface area contributed by atoms with Gasteiger partial charge in [-0.1, -0.05) is 0 Å². The van der Waals surface area contributed by atoms with Gasteiger partial charge in [0.15, 0.2) is 5.82 Å². The first-order chi connectivity index (χ1) is 17.6. The van der Waals surface area contributed by atoms with E-state index in [-0.39, 0.29) is 25.2 Å². The number of aromatic nitrogens is 5. The lowest BCUT2D eigenvalue weighted by atomic mass is 10.1. The summed E-state index contributed by atoms with van der Waals surface area (Å²) in [6.45, 7) is -0.0544. The summed E-state index contributed by atoms with van der Waals surface area (Å²) in [7, 11) is -2.70. The van der Waals surface area contributed by atoms with Crippen molar-refractivity contribution in [1.29, 1.82) is 0 Å². The molecule has 1 N–H and O–H groups in total. The number of rotatable bonds is 5. The molecule has 0 atom stereocenters. The van der Waals surface area contributed by atoms with Gasteiger partial charge in [0.1, 0.15) is 17.0 Å². The van der Waals surface area contributed by atoms with Crippen molar-refractivity contribution in [1.82, 2.24) is 29.3 Å². The zero-order valence-corrected chi connectivity index (χ0v) is 20.3. The second-order valence-corrected chi connectivity index (χ2v) is 10.5. The molecule has 194 valence electrons. The summed E-state index contributed by atoms with van der Waals surface area (Å²) in [5, 5.41) is 16.8. The Balaban J connectivity index is 1.35. The van der Waals surface area contributed by atoms with Crippen LogP contribution in [0.1, 0.15) is 18.4 Å². The first-order valence-electron chi connectivity index (χ1n) is 11.3. The van der Waals surface area contributed by atoms with Crippen LogP contribution in [0.3, 0.4) is 0 Å². The standard InChI is InChI=1S/C23H21F4N7O2S/c1-33-18(6-10-29-33)20-16-3-2-9-28-21(16)22(32-31-20)30-15-7-11-34(12-8-15)37(35,36)19-5-4-14(24)13-17(19)23(25,26)27/h2-6,9-10,13,15H,7-8,11-12H2,1H3,(H,30,32). The summed E-state index contributed by atoms with van der Waals surface area (Å²) in [4.78, 5) is 3.48. The third-order valence-corrected chi connectivity index (χ3v) is 8.22. The van der Waals surface area contributed by atoms with Gasteiger partial charge in [0, 0.05) is 44.0 Å². The molecule has 0 amide bonds. The molecule has 9 nitrogen and oxygen atoms in total. The maximum absolute atomic E-state index is 13.5. The fourth-order valence-corrected chi connectivity index (χ4v) is 6.06. The molecule has 0 radical (unpaired) electrons. The van der Waals surface area contributed by atoms with E-state index in [1.165, 1.54) is 0 Å². The molecule has 0 spiro atoms. The topological polar surface area (TPSA) is 106 Å². The van der Waals surface area contributed by atoms with Crippen LogP contribution in [-0.4, -0.2) is 56.8 Å². The van der Waals surface area contributed by atoms with Crippen LogP contribution >= 0.6 is 0 Å². The summed E-state index contributed by atoms with van der Waals surface area (Å²) < 4.78 is 82.4. The number of hydrogen-bond acceptors (Lipinski definition) is 7. The number of pyridine rings is 1. The molecule has 0 aliphatic carbocycles. The van der Waals surface area contributed by atoms with Gasteiger partial charge >= 0.3 is 6.18 Å². The quantitative estimate of drug-likeness (QED) is 0.387. The van der Waals surface area contributed by atoms with Crippen LogP contribution < -0.4 is 5.32 Å². The molecular weight excluding hydrogens is 514 g/mol. The fourth-order valence-electron chi connectivity index (χ4n) is 4.40. The van der Waals surface area contributed by atoms with E-state index in [9.17, 15) is 26.0 Å². The van der Waals surface area contributed by atoms with Gasteiger partial charge in [-0.25, -0.2) is 12.8 Å². The SMILES string of the molecule is Cn1nccc1-c1nnc(NC2CCN(S(=O)(=O)c3ccc(F)cc3C(F)(F)F)CC2)c2ncccc12. The number of alkyl halides is 3. The summed E-state index contributed by atoms with van der Waals surface area (Å²) in [5.74, 6) is -0.744. The number of sulfonamides is 1. The van der Waals surface area contributed by atoms with E-state index in [4.69, 9.17) is 0 Å². The highest BCUT2D eigenvalue weighted by Gasteiger charge is 2.40. The molecule has 1 fully saturated rings. The molecule has 0 bridgehead atoms. The highest BCUT2D eigenvalue weighted by Crippen LogP contribution is 2.36. The Morgan fingerprint density at radius 1 is 1.05 bits per heavy atom. The Morgan fingerprint density at radius 3 is 2.49 bits per heavy atom. The molecule has 4 heterocycles.